The highest BCUT2D eigenvalue weighted by atomic mass is 19.4. The predicted molar refractivity (Wildman–Crippen MR) is 76.0 cm³/mol. The second kappa shape index (κ2) is 7.31. The zero-order valence-corrected chi connectivity index (χ0v) is 12.1. The Labute approximate surface area is 122 Å². The van der Waals surface area contributed by atoms with E-state index in [9.17, 15) is 18.0 Å². The standard InChI is InChI=1S/C14H20F3N3O/c1-3-20(4-2)8-7-19-13(21)11-6-5-10(18)9-12(11)14(15,16)17/h5-6,9H,3-4,7-8,18H2,1-2H3,(H,19,21). The number of carbonyl (C=O) groups is 1. The number of nitrogen functional groups attached to an aromatic ring is 1. The number of benzene rings is 1. The van der Waals surface area contributed by atoms with Gasteiger partial charge in [0, 0.05) is 18.8 Å². The third kappa shape index (κ3) is 4.93. The molecule has 0 bridgehead atoms. The Hall–Kier alpha value is -1.76. The Balaban J connectivity index is 2.79. The van der Waals surface area contributed by atoms with Crippen molar-refractivity contribution in [1.82, 2.24) is 10.2 Å². The molecule has 4 nitrogen and oxygen atoms in total. The first kappa shape index (κ1) is 17.3. The summed E-state index contributed by atoms with van der Waals surface area (Å²) in [6.07, 6.45) is -4.61. The van der Waals surface area contributed by atoms with Gasteiger partial charge in [-0.2, -0.15) is 13.2 Å². The van der Waals surface area contributed by atoms with E-state index < -0.39 is 23.2 Å². The monoisotopic (exact) mass is 303 g/mol. The molecule has 118 valence electrons. The van der Waals surface area contributed by atoms with Crippen LogP contribution >= 0.6 is 0 Å². The highest BCUT2D eigenvalue weighted by molar-refractivity contribution is 5.96. The highest BCUT2D eigenvalue weighted by Crippen LogP contribution is 2.33. The fraction of sp³-hybridized carbons (Fsp3) is 0.500. The van der Waals surface area contributed by atoms with Crippen molar-refractivity contribution in [3.8, 4) is 0 Å². The average Bonchev–Trinajstić information content (AvgIpc) is 2.42. The summed E-state index contributed by atoms with van der Waals surface area (Å²) in [6.45, 7) is 6.49. The normalized spacial score (nSPS) is 11.7. The minimum Gasteiger partial charge on any atom is -0.399 e. The molecule has 21 heavy (non-hydrogen) atoms. The molecule has 0 atom stereocenters. The van der Waals surface area contributed by atoms with Gasteiger partial charge in [0.25, 0.3) is 5.91 Å². The van der Waals surface area contributed by atoms with Crippen LogP contribution in [-0.2, 0) is 6.18 Å². The first-order valence-corrected chi connectivity index (χ1v) is 6.76. The van der Waals surface area contributed by atoms with Crippen LogP contribution in [0.5, 0.6) is 0 Å². The van der Waals surface area contributed by atoms with Crippen LogP contribution in [0.4, 0.5) is 18.9 Å². The zero-order chi connectivity index (χ0) is 16.0. The van der Waals surface area contributed by atoms with Crippen molar-refractivity contribution < 1.29 is 18.0 Å². The minimum atomic E-state index is -4.61. The number of rotatable bonds is 6. The van der Waals surface area contributed by atoms with E-state index in [1.54, 1.807) is 0 Å². The van der Waals surface area contributed by atoms with Gasteiger partial charge in [0.2, 0.25) is 0 Å². The summed E-state index contributed by atoms with van der Waals surface area (Å²) < 4.78 is 38.7. The lowest BCUT2D eigenvalue weighted by molar-refractivity contribution is -0.137. The third-order valence-electron chi connectivity index (χ3n) is 3.20. The molecule has 0 aliphatic carbocycles. The molecule has 1 rings (SSSR count). The molecule has 3 N–H and O–H groups in total. The smallest absolute Gasteiger partial charge is 0.399 e. The number of nitrogens with one attached hydrogen (secondary N) is 1. The van der Waals surface area contributed by atoms with E-state index in [-0.39, 0.29) is 5.69 Å². The molecule has 0 unspecified atom stereocenters. The lowest BCUT2D eigenvalue weighted by Crippen LogP contribution is -2.35. The number of halogens is 3. The second-order valence-corrected chi connectivity index (χ2v) is 4.59. The van der Waals surface area contributed by atoms with E-state index in [4.69, 9.17) is 5.73 Å². The Morgan fingerprint density at radius 2 is 1.90 bits per heavy atom. The fourth-order valence-electron chi connectivity index (χ4n) is 1.96. The molecule has 0 saturated carbocycles. The van der Waals surface area contributed by atoms with Gasteiger partial charge in [-0.25, -0.2) is 0 Å². The fourth-order valence-corrected chi connectivity index (χ4v) is 1.96. The van der Waals surface area contributed by atoms with Gasteiger partial charge in [-0.1, -0.05) is 13.8 Å². The van der Waals surface area contributed by atoms with E-state index in [0.29, 0.717) is 13.1 Å². The van der Waals surface area contributed by atoms with Gasteiger partial charge in [0.05, 0.1) is 11.1 Å². The number of anilines is 1. The summed E-state index contributed by atoms with van der Waals surface area (Å²) >= 11 is 0. The van der Waals surface area contributed by atoms with E-state index >= 15 is 0 Å². The molecule has 0 aliphatic heterocycles. The molecular weight excluding hydrogens is 283 g/mol. The van der Waals surface area contributed by atoms with Crippen LogP contribution in [0.1, 0.15) is 29.8 Å². The van der Waals surface area contributed by atoms with Crippen LogP contribution in [0, 0.1) is 0 Å². The Morgan fingerprint density at radius 3 is 2.43 bits per heavy atom. The summed E-state index contributed by atoms with van der Waals surface area (Å²) in [6, 6.07) is 3.17. The number of amides is 1. The molecule has 0 heterocycles. The quantitative estimate of drug-likeness (QED) is 0.793. The number of alkyl halides is 3. The van der Waals surface area contributed by atoms with E-state index in [2.05, 4.69) is 10.2 Å². The van der Waals surface area contributed by atoms with Gasteiger partial charge >= 0.3 is 6.18 Å². The first-order chi connectivity index (χ1) is 9.79. The molecule has 0 fully saturated rings. The van der Waals surface area contributed by atoms with Crippen LogP contribution < -0.4 is 11.1 Å². The molecule has 0 aromatic heterocycles. The van der Waals surface area contributed by atoms with Gasteiger partial charge in [0.1, 0.15) is 0 Å². The van der Waals surface area contributed by atoms with E-state index in [1.165, 1.54) is 6.07 Å². The summed E-state index contributed by atoms with van der Waals surface area (Å²) in [5.41, 5.74) is 3.92. The molecule has 1 aromatic rings. The SMILES string of the molecule is CCN(CC)CCNC(=O)c1ccc(N)cc1C(F)(F)F. The predicted octanol–water partition coefficient (Wildman–Crippen LogP) is 2.36. The summed E-state index contributed by atoms with van der Waals surface area (Å²) in [5, 5.41) is 2.51. The Kier molecular flexibility index (Phi) is 6.02. The molecule has 0 spiro atoms. The van der Waals surface area contributed by atoms with Crippen LogP contribution in [0.3, 0.4) is 0 Å². The average molecular weight is 303 g/mol. The highest BCUT2D eigenvalue weighted by Gasteiger charge is 2.35. The Bertz CT molecular complexity index is 485. The Morgan fingerprint density at radius 1 is 1.29 bits per heavy atom. The number of hydrogen-bond donors (Lipinski definition) is 2. The van der Waals surface area contributed by atoms with Crippen molar-refractivity contribution in [2.24, 2.45) is 0 Å². The molecule has 1 aromatic carbocycles. The van der Waals surface area contributed by atoms with Gasteiger partial charge in [0.15, 0.2) is 0 Å². The molecule has 0 saturated heterocycles. The van der Waals surface area contributed by atoms with Crippen molar-refractivity contribution in [1.29, 1.82) is 0 Å². The lowest BCUT2D eigenvalue weighted by atomic mass is 10.1. The van der Waals surface area contributed by atoms with Crippen molar-refractivity contribution in [2.45, 2.75) is 20.0 Å². The van der Waals surface area contributed by atoms with Crippen LogP contribution in [-0.4, -0.2) is 37.0 Å². The number of likely N-dealkylation sites (N-methyl/N-ethyl adjacent to an activating group) is 1. The summed E-state index contributed by atoms with van der Waals surface area (Å²) in [7, 11) is 0. The van der Waals surface area contributed by atoms with Gasteiger partial charge in [-0.05, 0) is 31.3 Å². The van der Waals surface area contributed by atoms with Gasteiger partial charge in [-0.3, -0.25) is 4.79 Å². The molecular formula is C14H20F3N3O. The second-order valence-electron chi connectivity index (χ2n) is 4.59. The van der Waals surface area contributed by atoms with E-state index in [0.717, 1.165) is 25.2 Å². The number of hydrogen-bond acceptors (Lipinski definition) is 3. The van der Waals surface area contributed by atoms with E-state index in [1.807, 2.05) is 13.8 Å². The van der Waals surface area contributed by atoms with Crippen molar-refractivity contribution in [3.63, 3.8) is 0 Å². The number of carbonyl (C=O) groups excluding carboxylic acids is 1. The van der Waals surface area contributed by atoms with Crippen molar-refractivity contribution in [3.05, 3.63) is 29.3 Å². The topological polar surface area (TPSA) is 58.4 Å². The molecule has 7 heteroatoms. The number of nitrogens with two attached hydrogens (primary N) is 1. The summed E-state index contributed by atoms with van der Waals surface area (Å²) in [5.74, 6) is -0.741. The largest absolute Gasteiger partial charge is 0.417 e. The van der Waals surface area contributed by atoms with Crippen molar-refractivity contribution in [2.75, 3.05) is 31.9 Å². The maximum Gasteiger partial charge on any atom is 0.417 e. The number of nitrogens with zero attached hydrogens (tertiary/aromatic N) is 1. The first-order valence-electron chi connectivity index (χ1n) is 6.76. The lowest BCUT2D eigenvalue weighted by Gasteiger charge is -2.18. The van der Waals surface area contributed by atoms with Gasteiger partial charge in [-0.15, -0.1) is 0 Å². The van der Waals surface area contributed by atoms with Crippen molar-refractivity contribution >= 4 is 11.6 Å². The maximum absolute atomic E-state index is 12.9. The van der Waals surface area contributed by atoms with Crippen LogP contribution in [0.15, 0.2) is 18.2 Å². The molecule has 0 radical (unpaired) electrons. The van der Waals surface area contributed by atoms with Crippen LogP contribution in [0.2, 0.25) is 0 Å². The van der Waals surface area contributed by atoms with Crippen LogP contribution in [0.25, 0.3) is 0 Å². The molecule has 1 amide bonds. The zero-order valence-electron chi connectivity index (χ0n) is 12.1. The summed E-state index contributed by atoms with van der Waals surface area (Å²) in [4.78, 5) is 14.0. The van der Waals surface area contributed by atoms with Gasteiger partial charge < -0.3 is 16.0 Å². The third-order valence-corrected chi connectivity index (χ3v) is 3.20. The minimum absolute atomic E-state index is 0.0259. The maximum atomic E-state index is 12.9. The molecule has 0 aliphatic rings.